The van der Waals surface area contributed by atoms with Gasteiger partial charge in [-0.3, -0.25) is 9.48 Å². The third-order valence-corrected chi connectivity index (χ3v) is 5.79. The van der Waals surface area contributed by atoms with Crippen LogP contribution in [0.25, 0.3) is 38.0 Å². The molecule has 1 aliphatic rings. The number of aromatic amines is 1. The van der Waals surface area contributed by atoms with E-state index in [0.717, 1.165) is 46.2 Å². The van der Waals surface area contributed by atoms with E-state index in [1.807, 2.05) is 44.3 Å². The van der Waals surface area contributed by atoms with Crippen molar-refractivity contribution in [3.8, 4) is 28.1 Å². The molecule has 0 bridgehead atoms. The van der Waals surface area contributed by atoms with Gasteiger partial charge in [0.05, 0.1) is 35.6 Å². The van der Waals surface area contributed by atoms with Crippen LogP contribution in [0.3, 0.4) is 0 Å². The number of ether oxygens (including phenoxy) is 1. The molecule has 4 aromatic rings. The number of aromatic nitrogens is 4. The molecule has 32 heavy (non-hydrogen) atoms. The molecule has 1 saturated carbocycles. The maximum Gasteiger partial charge on any atom is 0.272 e. The van der Waals surface area contributed by atoms with Gasteiger partial charge in [0.25, 0.3) is 5.56 Å². The number of nitrogens with one attached hydrogen (secondary N) is 1. The van der Waals surface area contributed by atoms with Gasteiger partial charge in [0.15, 0.2) is 0 Å². The number of H-pyrrole nitrogens is 1. The lowest BCUT2D eigenvalue weighted by Gasteiger charge is -2.14. The Kier molecular flexibility index (Phi) is 4.76. The quantitative estimate of drug-likeness (QED) is 0.472. The van der Waals surface area contributed by atoms with Crippen LogP contribution in [-0.2, 0) is 13.6 Å². The molecule has 0 amide bonds. The summed E-state index contributed by atoms with van der Waals surface area (Å²) in [7, 11) is 1.85. The van der Waals surface area contributed by atoms with E-state index in [1.54, 1.807) is 10.9 Å². The number of aryl methyl sites for hydroxylation is 2. The Morgan fingerprint density at radius 2 is 2.12 bits per heavy atom. The van der Waals surface area contributed by atoms with Crippen molar-refractivity contribution in [1.82, 2.24) is 20.0 Å². The number of rotatable bonds is 5. The van der Waals surface area contributed by atoms with Crippen LogP contribution in [0.2, 0.25) is 0 Å². The van der Waals surface area contributed by atoms with Crippen LogP contribution in [0, 0.1) is 13.5 Å². The molecule has 1 aliphatic carbocycles. The van der Waals surface area contributed by atoms with Gasteiger partial charge in [0.1, 0.15) is 5.75 Å². The fourth-order valence-corrected chi connectivity index (χ4v) is 4.12. The second kappa shape index (κ2) is 7.62. The smallest absolute Gasteiger partial charge is 0.272 e. The van der Waals surface area contributed by atoms with E-state index >= 15 is 0 Å². The average molecular weight is 426 g/mol. The normalized spacial score (nSPS) is 13.3. The molecule has 2 heterocycles. The second-order valence-corrected chi connectivity index (χ2v) is 8.03. The van der Waals surface area contributed by atoms with E-state index in [2.05, 4.69) is 20.1 Å². The number of nitrogens with two attached hydrogens (primary N) is 1. The van der Waals surface area contributed by atoms with E-state index in [4.69, 9.17) is 17.0 Å². The maximum absolute atomic E-state index is 12.4. The largest absolute Gasteiger partial charge is 0.501 e. The van der Waals surface area contributed by atoms with Crippen molar-refractivity contribution >= 4 is 16.5 Å². The fraction of sp³-hybridized carbons (Fsp3) is 0.250. The first-order valence-electron chi connectivity index (χ1n) is 10.4. The molecule has 8 heteroatoms. The third kappa shape index (κ3) is 3.24. The van der Waals surface area contributed by atoms with Gasteiger partial charge in [-0.1, -0.05) is 18.2 Å². The number of para-hydroxylation sites is 1. The van der Waals surface area contributed by atoms with Crippen molar-refractivity contribution in [2.24, 2.45) is 12.8 Å². The zero-order valence-electron chi connectivity index (χ0n) is 17.8. The third-order valence-electron chi connectivity index (χ3n) is 5.79. The van der Waals surface area contributed by atoms with Gasteiger partial charge in [-0.25, -0.2) is 9.94 Å². The predicted octanol–water partition coefficient (Wildman–Crippen LogP) is 3.85. The molecule has 5 rings (SSSR count). The summed E-state index contributed by atoms with van der Waals surface area (Å²) < 4.78 is 7.75. The van der Waals surface area contributed by atoms with Crippen molar-refractivity contribution in [1.29, 1.82) is 0 Å². The summed E-state index contributed by atoms with van der Waals surface area (Å²) in [5.41, 5.74) is 10.9. The van der Waals surface area contributed by atoms with Crippen LogP contribution in [0.1, 0.15) is 24.1 Å². The summed E-state index contributed by atoms with van der Waals surface area (Å²) in [6.07, 6.45) is 4.01. The predicted molar refractivity (Wildman–Crippen MR) is 123 cm³/mol. The topological polar surface area (TPSA) is 103 Å². The Hall–Kier alpha value is -3.96. The number of nitrogens with zero attached hydrogens (tertiary/aromatic N) is 4. The van der Waals surface area contributed by atoms with Crippen molar-refractivity contribution < 1.29 is 4.74 Å². The first-order chi connectivity index (χ1) is 15.5. The zero-order chi connectivity index (χ0) is 22.4. The van der Waals surface area contributed by atoms with Gasteiger partial charge in [0, 0.05) is 30.1 Å². The van der Waals surface area contributed by atoms with Gasteiger partial charge < -0.3 is 10.5 Å². The summed E-state index contributed by atoms with van der Waals surface area (Å²) >= 11 is 0. The van der Waals surface area contributed by atoms with E-state index in [9.17, 15) is 4.79 Å². The van der Waals surface area contributed by atoms with Gasteiger partial charge in [-0.2, -0.15) is 10.2 Å². The summed E-state index contributed by atoms with van der Waals surface area (Å²) in [5.74, 6) is 0.600. The Labute approximate surface area is 184 Å². The van der Waals surface area contributed by atoms with Crippen LogP contribution in [0.5, 0.6) is 5.75 Å². The molecule has 0 aliphatic heterocycles. The lowest BCUT2D eigenvalue weighted by molar-refractivity contribution is 0.305. The number of hydrogen-bond acceptors (Lipinski definition) is 5. The molecule has 0 atom stereocenters. The van der Waals surface area contributed by atoms with E-state index in [0.29, 0.717) is 22.5 Å². The minimum absolute atomic E-state index is 0.195. The van der Waals surface area contributed by atoms with Crippen molar-refractivity contribution in [3.05, 3.63) is 69.6 Å². The van der Waals surface area contributed by atoms with E-state index in [-0.39, 0.29) is 18.2 Å². The minimum Gasteiger partial charge on any atom is -0.501 e. The van der Waals surface area contributed by atoms with Crippen molar-refractivity contribution in [3.63, 3.8) is 0 Å². The highest BCUT2D eigenvalue weighted by atomic mass is 16.5. The molecule has 2 aromatic carbocycles. The van der Waals surface area contributed by atoms with Gasteiger partial charge in [0.2, 0.25) is 5.69 Å². The number of hydrogen-bond donors (Lipinski definition) is 2. The molecule has 0 saturated heterocycles. The van der Waals surface area contributed by atoms with Crippen molar-refractivity contribution in [2.75, 3.05) is 0 Å². The highest BCUT2D eigenvalue weighted by Gasteiger charge is 2.26. The molecular formula is C24H22N6O2. The highest BCUT2D eigenvalue weighted by molar-refractivity contribution is 5.95. The zero-order valence-corrected chi connectivity index (χ0v) is 17.8. The Morgan fingerprint density at radius 1 is 1.31 bits per heavy atom. The average Bonchev–Trinajstić information content (AvgIpc) is 3.52. The molecule has 0 unspecified atom stereocenters. The number of fused-ring (bicyclic) bond motifs is 1. The van der Waals surface area contributed by atoms with Crippen LogP contribution >= 0.6 is 0 Å². The molecule has 0 radical (unpaired) electrons. The summed E-state index contributed by atoms with van der Waals surface area (Å²) in [6.45, 7) is 9.91. The lowest BCUT2D eigenvalue weighted by Crippen LogP contribution is -2.14. The van der Waals surface area contributed by atoms with Gasteiger partial charge in [-0.05, 0) is 43.0 Å². The van der Waals surface area contributed by atoms with Crippen LogP contribution in [0.4, 0.5) is 5.69 Å². The molecule has 3 N–H and O–H groups in total. The lowest BCUT2D eigenvalue weighted by atomic mass is 9.95. The van der Waals surface area contributed by atoms with Crippen LogP contribution in [0.15, 0.2) is 41.3 Å². The Morgan fingerprint density at radius 3 is 2.84 bits per heavy atom. The van der Waals surface area contributed by atoms with E-state index in [1.165, 1.54) is 0 Å². The molecule has 8 nitrogen and oxygen atoms in total. The highest BCUT2D eigenvalue weighted by Crippen LogP contribution is 2.44. The molecule has 2 aromatic heterocycles. The maximum atomic E-state index is 12.4. The summed E-state index contributed by atoms with van der Waals surface area (Å²) in [4.78, 5) is 16.2. The molecule has 0 spiro atoms. The van der Waals surface area contributed by atoms with Crippen molar-refractivity contribution in [2.45, 2.75) is 32.4 Å². The Balaban J connectivity index is 1.74. The SMILES string of the molecule is [C-]#[N+]c1c(OC2CC2)cccc1-c1c(-c2cc(C)c3c(=O)[nH]nc(CN)c3c2)cnn1C. The van der Waals surface area contributed by atoms with Crippen LogP contribution in [-0.4, -0.2) is 26.1 Å². The monoisotopic (exact) mass is 426 g/mol. The summed E-state index contributed by atoms with van der Waals surface area (Å²) in [5, 5.41) is 12.4. The Bertz CT molecular complexity index is 1460. The van der Waals surface area contributed by atoms with E-state index < -0.39 is 0 Å². The standard InChI is InChI=1S/C24H22N6O2/c1-13-9-14(10-17-19(11-25)28-29-24(31)21(13)17)18-12-27-30(3)23(18)16-5-4-6-20(22(16)26-2)32-15-7-8-15/h4-6,9-10,12,15H,7-8,11,25H2,1,3H3,(H,29,31). The fourth-order valence-electron chi connectivity index (χ4n) is 4.12. The van der Waals surface area contributed by atoms with Gasteiger partial charge in [-0.15, -0.1) is 0 Å². The molecule has 1 fully saturated rings. The first-order valence-corrected chi connectivity index (χ1v) is 10.4. The minimum atomic E-state index is -0.243. The second-order valence-electron chi connectivity index (χ2n) is 8.03. The number of benzene rings is 2. The molecule has 160 valence electrons. The molecular weight excluding hydrogens is 404 g/mol. The first kappa shape index (κ1) is 20.0. The summed E-state index contributed by atoms with van der Waals surface area (Å²) in [6, 6.07) is 9.55. The van der Waals surface area contributed by atoms with Crippen LogP contribution < -0.4 is 16.0 Å². The van der Waals surface area contributed by atoms with Gasteiger partial charge >= 0.3 is 0 Å².